The number of hydrogen-bond donors (Lipinski definition) is 1. The summed E-state index contributed by atoms with van der Waals surface area (Å²) in [5, 5.41) is 0. The van der Waals surface area contributed by atoms with Crippen LogP contribution in [0.1, 0.15) is 33.1 Å². The third kappa shape index (κ3) is 7.62. The second kappa shape index (κ2) is 6.33. The fourth-order valence-corrected chi connectivity index (χ4v) is 1.44. The number of alkyl halides is 3. The Hall–Kier alpha value is -0.290. The summed E-state index contributed by atoms with van der Waals surface area (Å²) in [7, 11) is 0. The number of hydrogen-bond acceptors (Lipinski definition) is 2. The van der Waals surface area contributed by atoms with Crippen molar-refractivity contribution in [3.63, 3.8) is 0 Å². The van der Waals surface area contributed by atoms with Crippen LogP contribution in [0.3, 0.4) is 0 Å². The Morgan fingerprint density at radius 2 is 1.80 bits per heavy atom. The maximum absolute atomic E-state index is 11.8. The average molecular weight is 227 g/mol. The molecule has 2 N–H and O–H groups in total. The zero-order valence-corrected chi connectivity index (χ0v) is 9.36. The van der Waals surface area contributed by atoms with Crippen LogP contribution < -0.4 is 5.73 Å². The number of halogens is 3. The molecular formula is C10H20F3NO. The van der Waals surface area contributed by atoms with Gasteiger partial charge in [0.2, 0.25) is 0 Å². The zero-order chi connectivity index (χ0) is 11.9. The minimum Gasteiger partial charge on any atom is -0.372 e. The zero-order valence-electron chi connectivity index (χ0n) is 9.36. The molecule has 0 fully saturated rings. The Labute approximate surface area is 89.0 Å². The van der Waals surface area contributed by atoms with Crippen molar-refractivity contribution in [3.8, 4) is 0 Å². The molecule has 0 rings (SSSR count). The normalized spacial score (nSPS) is 16.4. The van der Waals surface area contributed by atoms with Crippen LogP contribution in [0.15, 0.2) is 0 Å². The van der Waals surface area contributed by atoms with E-state index in [-0.39, 0.29) is 12.0 Å². The summed E-state index contributed by atoms with van der Waals surface area (Å²) in [5.41, 5.74) is 5.49. The Bertz CT molecular complexity index is 173. The van der Waals surface area contributed by atoms with Gasteiger partial charge in [0.25, 0.3) is 0 Å². The second-order valence-corrected chi connectivity index (χ2v) is 4.18. The molecule has 0 saturated heterocycles. The predicted octanol–water partition coefficient (Wildman–Crippen LogP) is 2.72. The molecule has 92 valence electrons. The van der Waals surface area contributed by atoms with Crippen LogP contribution in [0.5, 0.6) is 0 Å². The quantitative estimate of drug-likeness (QED) is 0.679. The van der Waals surface area contributed by atoms with Crippen molar-refractivity contribution in [2.75, 3.05) is 19.8 Å². The van der Waals surface area contributed by atoms with E-state index in [9.17, 15) is 13.2 Å². The number of rotatable bonds is 7. The van der Waals surface area contributed by atoms with E-state index in [4.69, 9.17) is 5.73 Å². The summed E-state index contributed by atoms with van der Waals surface area (Å²) in [6.45, 7) is 3.45. The molecule has 0 spiro atoms. The molecule has 0 saturated carbocycles. The lowest BCUT2D eigenvalue weighted by Gasteiger charge is -2.27. The highest BCUT2D eigenvalue weighted by molar-refractivity contribution is 4.74. The molecule has 1 atom stereocenters. The van der Waals surface area contributed by atoms with E-state index >= 15 is 0 Å². The van der Waals surface area contributed by atoms with Gasteiger partial charge >= 0.3 is 6.18 Å². The molecule has 0 aromatic rings. The van der Waals surface area contributed by atoms with Crippen LogP contribution in [0.2, 0.25) is 0 Å². The van der Waals surface area contributed by atoms with Crippen molar-refractivity contribution < 1.29 is 17.9 Å². The summed E-state index contributed by atoms with van der Waals surface area (Å²) in [6.07, 6.45) is -1.76. The Balaban J connectivity index is 3.73. The summed E-state index contributed by atoms with van der Waals surface area (Å²) in [6, 6.07) is 0. The van der Waals surface area contributed by atoms with E-state index < -0.39 is 12.8 Å². The maximum atomic E-state index is 11.8. The molecule has 15 heavy (non-hydrogen) atoms. The van der Waals surface area contributed by atoms with E-state index in [1.54, 1.807) is 0 Å². The molecule has 0 amide bonds. The summed E-state index contributed by atoms with van der Waals surface area (Å²) in [5.74, 6) is 0. The minimum absolute atomic E-state index is 0.0969. The van der Waals surface area contributed by atoms with Gasteiger partial charge in [-0.25, -0.2) is 0 Å². The van der Waals surface area contributed by atoms with Crippen LogP contribution in [0.25, 0.3) is 0 Å². The average Bonchev–Trinajstić information content (AvgIpc) is 2.12. The van der Waals surface area contributed by atoms with Gasteiger partial charge in [0, 0.05) is 6.61 Å². The summed E-state index contributed by atoms with van der Waals surface area (Å²) >= 11 is 0. The molecular weight excluding hydrogens is 207 g/mol. The first-order valence-electron chi connectivity index (χ1n) is 5.17. The lowest BCUT2D eigenvalue weighted by atomic mass is 9.83. The van der Waals surface area contributed by atoms with Crippen LogP contribution in [-0.2, 0) is 4.74 Å². The molecule has 0 aliphatic carbocycles. The van der Waals surface area contributed by atoms with Crippen LogP contribution in [0, 0.1) is 5.41 Å². The molecule has 0 aromatic heterocycles. The van der Waals surface area contributed by atoms with Gasteiger partial charge in [0.05, 0.1) is 0 Å². The summed E-state index contributed by atoms with van der Waals surface area (Å²) in [4.78, 5) is 0. The highest BCUT2D eigenvalue weighted by atomic mass is 19.4. The molecule has 2 nitrogen and oxygen atoms in total. The van der Waals surface area contributed by atoms with Crippen molar-refractivity contribution in [2.24, 2.45) is 11.1 Å². The van der Waals surface area contributed by atoms with E-state index in [1.165, 1.54) is 0 Å². The Morgan fingerprint density at radius 3 is 2.20 bits per heavy atom. The lowest BCUT2D eigenvalue weighted by Crippen LogP contribution is -2.29. The van der Waals surface area contributed by atoms with Crippen LogP contribution in [0.4, 0.5) is 13.2 Å². The molecule has 0 aliphatic heterocycles. The number of ether oxygens (including phenoxy) is 1. The monoisotopic (exact) mass is 227 g/mol. The first kappa shape index (κ1) is 14.7. The minimum atomic E-state index is -4.23. The van der Waals surface area contributed by atoms with E-state index in [0.717, 1.165) is 12.8 Å². The van der Waals surface area contributed by atoms with Crippen molar-refractivity contribution in [3.05, 3.63) is 0 Å². The van der Waals surface area contributed by atoms with Gasteiger partial charge in [-0.3, -0.25) is 0 Å². The van der Waals surface area contributed by atoms with Gasteiger partial charge in [-0.2, -0.15) is 13.2 Å². The largest absolute Gasteiger partial charge is 0.411 e. The Morgan fingerprint density at radius 1 is 1.20 bits per heavy atom. The molecule has 0 aromatic carbocycles. The SMILES string of the molecule is CCCC(C)(CN)CCOCC(F)(F)F. The molecule has 0 bridgehead atoms. The standard InChI is InChI=1S/C10H20F3NO/c1-3-4-9(2,7-14)5-6-15-8-10(11,12)13/h3-8,14H2,1-2H3. The molecule has 0 aliphatic rings. The maximum Gasteiger partial charge on any atom is 0.411 e. The third-order valence-electron chi connectivity index (χ3n) is 2.46. The van der Waals surface area contributed by atoms with E-state index in [0.29, 0.717) is 13.0 Å². The highest BCUT2D eigenvalue weighted by Gasteiger charge is 2.28. The van der Waals surface area contributed by atoms with Gasteiger partial charge in [-0.15, -0.1) is 0 Å². The molecule has 5 heteroatoms. The Kier molecular flexibility index (Phi) is 6.20. The number of nitrogens with two attached hydrogens (primary N) is 1. The third-order valence-corrected chi connectivity index (χ3v) is 2.46. The van der Waals surface area contributed by atoms with Crippen molar-refractivity contribution in [1.29, 1.82) is 0 Å². The first-order chi connectivity index (χ1) is 6.83. The van der Waals surface area contributed by atoms with Gasteiger partial charge in [0.15, 0.2) is 0 Å². The predicted molar refractivity (Wildman–Crippen MR) is 53.6 cm³/mol. The van der Waals surface area contributed by atoms with Crippen molar-refractivity contribution in [1.82, 2.24) is 0 Å². The lowest BCUT2D eigenvalue weighted by molar-refractivity contribution is -0.175. The van der Waals surface area contributed by atoms with Crippen molar-refractivity contribution >= 4 is 0 Å². The second-order valence-electron chi connectivity index (χ2n) is 4.18. The van der Waals surface area contributed by atoms with Gasteiger partial charge in [-0.05, 0) is 24.8 Å². The van der Waals surface area contributed by atoms with Crippen LogP contribution >= 0.6 is 0 Å². The highest BCUT2D eigenvalue weighted by Crippen LogP contribution is 2.26. The molecule has 1 unspecified atom stereocenters. The smallest absolute Gasteiger partial charge is 0.372 e. The molecule has 0 heterocycles. The van der Waals surface area contributed by atoms with Gasteiger partial charge < -0.3 is 10.5 Å². The first-order valence-corrected chi connectivity index (χ1v) is 5.17. The van der Waals surface area contributed by atoms with E-state index in [1.807, 2.05) is 13.8 Å². The van der Waals surface area contributed by atoms with Crippen molar-refractivity contribution in [2.45, 2.75) is 39.3 Å². The fraction of sp³-hybridized carbons (Fsp3) is 1.00. The van der Waals surface area contributed by atoms with Crippen LogP contribution in [-0.4, -0.2) is 25.9 Å². The van der Waals surface area contributed by atoms with E-state index in [2.05, 4.69) is 4.74 Å². The molecule has 0 radical (unpaired) electrons. The van der Waals surface area contributed by atoms with Gasteiger partial charge in [0.1, 0.15) is 6.61 Å². The fourth-order valence-electron chi connectivity index (χ4n) is 1.44. The topological polar surface area (TPSA) is 35.2 Å². The van der Waals surface area contributed by atoms with Gasteiger partial charge in [-0.1, -0.05) is 20.3 Å². The summed E-state index contributed by atoms with van der Waals surface area (Å²) < 4.78 is 39.8.